The highest BCUT2D eigenvalue weighted by molar-refractivity contribution is 6.66. The number of nitrogens with zero attached hydrogens (tertiary/aromatic N) is 6. The molecule has 10 heteroatoms. The molecule has 0 saturated heterocycles. The van der Waals surface area contributed by atoms with E-state index in [-0.39, 0.29) is 5.69 Å². The maximum Gasteiger partial charge on any atom is 0.372 e. The van der Waals surface area contributed by atoms with Gasteiger partial charge >= 0.3 is 6.03 Å². The first kappa shape index (κ1) is 15.2. The minimum atomic E-state index is -1.80. The van der Waals surface area contributed by atoms with E-state index in [0.29, 0.717) is 12.1 Å². The Labute approximate surface area is 129 Å². The van der Waals surface area contributed by atoms with Crippen LogP contribution in [0.4, 0.5) is 4.79 Å². The average molecular weight is 338 g/mol. The van der Waals surface area contributed by atoms with Crippen molar-refractivity contribution in [3.8, 4) is 0 Å². The molecule has 2 rings (SSSR count). The molecule has 0 spiro atoms. The van der Waals surface area contributed by atoms with Gasteiger partial charge < -0.3 is 0 Å². The lowest BCUT2D eigenvalue weighted by molar-refractivity contribution is 0.236. The van der Waals surface area contributed by atoms with Gasteiger partial charge in [0.05, 0.1) is 18.1 Å². The van der Waals surface area contributed by atoms with E-state index < -0.39 is 9.82 Å². The fourth-order valence-electron chi connectivity index (χ4n) is 1.65. The molecule has 0 amide bonds. The summed E-state index contributed by atoms with van der Waals surface area (Å²) in [6.07, 6.45) is 5.11. The van der Waals surface area contributed by atoms with Gasteiger partial charge in [0.25, 0.3) is 0 Å². The fraction of sp³-hybridized carbons (Fsp3) is 0.500. The molecule has 2 aromatic heterocycles. The van der Waals surface area contributed by atoms with Crippen LogP contribution in [-0.2, 0) is 10.2 Å². The van der Waals surface area contributed by atoms with E-state index >= 15 is 0 Å². The average Bonchev–Trinajstić information content (AvgIpc) is 3.03. The molecule has 7 nitrogen and oxygen atoms in total. The minimum absolute atomic E-state index is 0.136. The second kappa shape index (κ2) is 6.07. The quantitative estimate of drug-likeness (QED) is 0.804. The first-order chi connectivity index (χ1) is 9.45. The number of hydrogen-bond donors (Lipinski definition) is 0. The summed E-state index contributed by atoms with van der Waals surface area (Å²) in [5.74, 6) is 0. The van der Waals surface area contributed by atoms with E-state index in [9.17, 15) is 4.79 Å². The highest BCUT2D eigenvalue weighted by atomic mass is 35.6. The van der Waals surface area contributed by atoms with Crippen molar-refractivity contribution in [1.29, 1.82) is 0 Å². The lowest BCUT2D eigenvalue weighted by atomic mass is 10.2. The molecule has 0 saturated carbocycles. The highest BCUT2D eigenvalue weighted by Gasteiger charge is 2.35. The first-order valence-electron chi connectivity index (χ1n) is 5.88. The minimum Gasteiger partial charge on any atom is -0.243 e. The highest BCUT2D eigenvalue weighted by Crippen LogP contribution is 2.39. The SMILES string of the molecule is CCCCc1nnn(C(=O)n2ccnn2)c1C(Cl)(Cl)Cl. The van der Waals surface area contributed by atoms with Crippen molar-refractivity contribution in [2.45, 2.75) is 30.0 Å². The van der Waals surface area contributed by atoms with Crippen LogP contribution in [0.3, 0.4) is 0 Å². The van der Waals surface area contributed by atoms with Crippen LogP contribution in [0.1, 0.15) is 31.2 Å². The van der Waals surface area contributed by atoms with Crippen LogP contribution < -0.4 is 0 Å². The van der Waals surface area contributed by atoms with E-state index in [1.54, 1.807) is 0 Å². The van der Waals surface area contributed by atoms with Crippen molar-refractivity contribution < 1.29 is 4.79 Å². The van der Waals surface area contributed by atoms with Crippen LogP contribution in [0, 0.1) is 0 Å². The molecule has 2 aromatic rings. The molecule has 0 fully saturated rings. The molecule has 0 unspecified atom stereocenters. The Balaban J connectivity index is 2.43. The number of carbonyl (C=O) groups excluding carboxylic acids is 1. The molecule has 0 atom stereocenters. The van der Waals surface area contributed by atoms with Crippen LogP contribution in [0.5, 0.6) is 0 Å². The Morgan fingerprint density at radius 1 is 1.35 bits per heavy atom. The van der Waals surface area contributed by atoms with Crippen LogP contribution >= 0.6 is 34.8 Å². The van der Waals surface area contributed by atoms with Crippen LogP contribution in [0.15, 0.2) is 12.4 Å². The zero-order chi connectivity index (χ0) is 14.8. The van der Waals surface area contributed by atoms with Gasteiger partial charge in [0, 0.05) is 0 Å². The monoisotopic (exact) mass is 336 g/mol. The van der Waals surface area contributed by atoms with Crippen molar-refractivity contribution in [2.24, 2.45) is 0 Å². The molecule has 0 aliphatic carbocycles. The van der Waals surface area contributed by atoms with Gasteiger partial charge in [-0.05, 0) is 12.8 Å². The summed E-state index contributed by atoms with van der Waals surface area (Å²) in [5.41, 5.74) is 0.622. The lowest BCUT2D eigenvalue weighted by Crippen LogP contribution is -2.26. The van der Waals surface area contributed by atoms with Gasteiger partial charge in [-0.3, -0.25) is 0 Å². The lowest BCUT2D eigenvalue weighted by Gasteiger charge is -2.13. The molecule has 0 aliphatic heterocycles. The second-order valence-electron chi connectivity index (χ2n) is 4.03. The van der Waals surface area contributed by atoms with E-state index in [2.05, 4.69) is 20.6 Å². The standard InChI is InChI=1S/C10H11Cl3N6O/c1-2-3-4-7-8(10(11,12)13)19(17-15-7)9(20)18-6-5-14-16-18/h5-6H,2-4H2,1H3. The van der Waals surface area contributed by atoms with E-state index in [4.69, 9.17) is 34.8 Å². The third-order valence-corrected chi connectivity index (χ3v) is 3.11. The van der Waals surface area contributed by atoms with Gasteiger partial charge in [0.15, 0.2) is 0 Å². The Hall–Kier alpha value is -1.18. The molecule has 20 heavy (non-hydrogen) atoms. The topological polar surface area (TPSA) is 78.5 Å². The van der Waals surface area contributed by atoms with Gasteiger partial charge in [-0.25, -0.2) is 4.79 Å². The Morgan fingerprint density at radius 3 is 2.65 bits per heavy atom. The normalized spacial score (nSPS) is 11.8. The third-order valence-electron chi connectivity index (χ3n) is 2.58. The van der Waals surface area contributed by atoms with Crippen LogP contribution in [-0.4, -0.2) is 36.0 Å². The summed E-state index contributed by atoms with van der Waals surface area (Å²) in [6.45, 7) is 2.03. The van der Waals surface area contributed by atoms with Gasteiger partial charge in [-0.2, -0.15) is 9.36 Å². The molecule has 0 bridgehead atoms. The molecular weight excluding hydrogens is 327 g/mol. The molecule has 0 radical (unpaired) electrons. The van der Waals surface area contributed by atoms with Crippen molar-refractivity contribution in [3.63, 3.8) is 0 Å². The summed E-state index contributed by atoms with van der Waals surface area (Å²) < 4.78 is 0.119. The number of aromatic nitrogens is 6. The number of carbonyl (C=O) groups is 1. The zero-order valence-electron chi connectivity index (χ0n) is 10.5. The molecule has 0 aromatic carbocycles. The number of rotatable bonds is 3. The summed E-state index contributed by atoms with van der Waals surface area (Å²) in [5, 5.41) is 14.8. The Bertz CT molecular complexity index is 589. The molecule has 108 valence electrons. The summed E-state index contributed by atoms with van der Waals surface area (Å²) in [6, 6.07) is -0.612. The Kier molecular flexibility index (Phi) is 4.62. The number of hydrogen-bond acceptors (Lipinski definition) is 5. The molecule has 2 heterocycles. The van der Waals surface area contributed by atoms with E-state index in [1.807, 2.05) is 6.92 Å². The summed E-state index contributed by atoms with van der Waals surface area (Å²) in [7, 11) is 0. The largest absolute Gasteiger partial charge is 0.372 e. The predicted octanol–water partition coefficient (Wildman–Crippen LogP) is 2.56. The first-order valence-corrected chi connectivity index (χ1v) is 7.01. The van der Waals surface area contributed by atoms with Gasteiger partial charge in [-0.1, -0.05) is 58.6 Å². The van der Waals surface area contributed by atoms with E-state index in [1.165, 1.54) is 12.4 Å². The second-order valence-corrected chi connectivity index (χ2v) is 6.31. The van der Waals surface area contributed by atoms with Crippen LogP contribution in [0.25, 0.3) is 0 Å². The van der Waals surface area contributed by atoms with Crippen molar-refractivity contribution in [3.05, 3.63) is 23.8 Å². The van der Waals surface area contributed by atoms with Crippen molar-refractivity contribution >= 4 is 40.8 Å². The van der Waals surface area contributed by atoms with Crippen LogP contribution in [0.2, 0.25) is 0 Å². The van der Waals surface area contributed by atoms with Gasteiger partial charge in [-0.15, -0.1) is 10.2 Å². The van der Waals surface area contributed by atoms with Crippen molar-refractivity contribution in [1.82, 2.24) is 30.0 Å². The maximum atomic E-state index is 12.2. The maximum absolute atomic E-state index is 12.2. The molecule has 0 N–H and O–H groups in total. The molecule has 0 aliphatic rings. The Morgan fingerprint density at radius 2 is 2.10 bits per heavy atom. The van der Waals surface area contributed by atoms with Crippen molar-refractivity contribution in [2.75, 3.05) is 0 Å². The zero-order valence-corrected chi connectivity index (χ0v) is 12.8. The number of aryl methyl sites for hydroxylation is 1. The number of halogens is 3. The summed E-state index contributed by atoms with van der Waals surface area (Å²) in [4.78, 5) is 12.2. The van der Waals surface area contributed by atoms with Gasteiger partial charge in [0.2, 0.25) is 3.79 Å². The number of unbranched alkanes of at least 4 members (excludes halogenated alkanes) is 1. The fourth-order valence-corrected chi connectivity index (χ4v) is 2.22. The third kappa shape index (κ3) is 3.11. The predicted molar refractivity (Wildman–Crippen MR) is 74.1 cm³/mol. The van der Waals surface area contributed by atoms with E-state index in [0.717, 1.165) is 22.2 Å². The van der Waals surface area contributed by atoms with Gasteiger partial charge in [0.1, 0.15) is 5.69 Å². The number of alkyl halides is 3. The smallest absolute Gasteiger partial charge is 0.243 e. The summed E-state index contributed by atoms with van der Waals surface area (Å²) >= 11 is 17.8. The molecular formula is C10H11Cl3N6O.